The van der Waals surface area contributed by atoms with E-state index in [-0.39, 0.29) is 0 Å². The van der Waals surface area contributed by atoms with Crippen molar-refractivity contribution >= 4 is 0 Å². The van der Waals surface area contributed by atoms with Crippen LogP contribution in [0.15, 0.2) is 0 Å². The highest BCUT2D eigenvalue weighted by atomic mass is 16.5. The molecule has 0 aliphatic rings. The monoisotopic (exact) mass is 160 g/mol. The van der Waals surface area contributed by atoms with Gasteiger partial charge in [-0.15, -0.1) is 0 Å². The zero-order valence-corrected chi connectivity index (χ0v) is 8.09. The largest absolute Gasteiger partial charge is 0.382 e. The average Bonchev–Trinajstić information content (AvgIpc) is 1.86. The molecule has 0 saturated carbocycles. The van der Waals surface area contributed by atoms with Crippen LogP contribution < -0.4 is 0 Å². The Morgan fingerprint density at radius 2 is 1.82 bits per heavy atom. The maximum atomic E-state index is 5.52. The van der Waals surface area contributed by atoms with Gasteiger partial charge in [-0.2, -0.15) is 0 Å². The van der Waals surface area contributed by atoms with Crippen LogP contribution in [0.3, 0.4) is 0 Å². The summed E-state index contributed by atoms with van der Waals surface area (Å²) in [4.78, 5) is 0. The summed E-state index contributed by atoms with van der Waals surface area (Å²) in [7, 11) is 0. The Hall–Kier alpha value is -0.0800. The van der Waals surface area contributed by atoms with Gasteiger partial charge in [-0.3, -0.25) is 0 Å². The number of hydrogen-bond donors (Lipinski definition) is 0. The predicted octanol–water partition coefficient (Wildman–Crippen LogP) is 2.23. The van der Waals surface area contributed by atoms with Crippen LogP contribution in [-0.4, -0.2) is 25.4 Å². The number of ether oxygens (including phenoxy) is 2. The molecular formula is C9H20O2. The average molecular weight is 160 g/mol. The first-order valence-corrected chi connectivity index (χ1v) is 4.40. The summed E-state index contributed by atoms with van der Waals surface area (Å²) in [6, 6.07) is 0. The molecule has 2 nitrogen and oxygen atoms in total. The quantitative estimate of drug-likeness (QED) is 0.555. The lowest BCUT2D eigenvalue weighted by Gasteiger charge is -2.15. The third-order valence-electron chi connectivity index (χ3n) is 1.38. The lowest BCUT2D eigenvalue weighted by atomic mass is 10.3. The second-order valence-corrected chi connectivity index (χ2v) is 2.98. The minimum absolute atomic E-state index is 0.321. The van der Waals surface area contributed by atoms with E-state index in [2.05, 4.69) is 20.8 Å². The molecule has 1 atom stereocenters. The zero-order valence-electron chi connectivity index (χ0n) is 8.09. The fourth-order valence-corrected chi connectivity index (χ4v) is 0.926. The van der Waals surface area contributed by atoms with E-state index < -0.39 is 0 Å². The molecular weight excluding hydrogens is 140 g/mol. The maximum Gasteiger partial charge on any atom is 0.0572 e. The van der Waals surface area contributed by atoms with Gasteiger partial charge < -0.3 is 9.47 Å². The first-order valence-electron chi connectivity index (χ1n) is 4.40. The molecule has 1 unspecified atom stereocenters. The van der Waals surface area contributed by atoms with Crippen molar-refractivity contribution in [2.75, 3.05) is 13.2 Å². The Labute approximate surface area is 69.9 Å². The van der Waals surface area contributed by atoms with Crippen molar-refractivity contribution in [3.8, 4) is 0 Å². The van der Waals surface area contributed by atoms with E-state index in [4.69, 9.17) is 9.47 Å². The highest BCUT2D eigenvalue weighted by Gasteiger charge is 2.03. The summed E-state index contributed by atoms with van der Waals surface area (Å²) in [6.07, 6.45) is 1.64. The molecule has 0 heterocycles. The van der Waals surface area contributed by atoms with E-state index in [1.54, 1.807) is 0 Å². The molecule has 68 valence electrons. The molecule has 0 aliphatic carbocycles. The van der Waals surface area contributed by atoms with Gasteiger partial charge in [-0.25, -0.2) is 0 Å². The summed E-state index contributed by atoms with van der Waals surface area (Å²) in [6.45, 7) is 9.81. The molecule has 11 heavy (non-hydrogen) atoms. The van der Waals surface area contributed by atoms with Gasteiger partial charge in [0, 0.05) is 13.2 Å². The van der Waals surface area contributed by atoms with Crippen molar-refractivity contribution in [1.29, 1.82) is 0 Å². The summed E-state index contributed by atoms with van der Waals surface area (Å²) in [5.74, 6) is 0. The molecule has 0 aromatic rings. The van der Waals surface area contributed by atoms with Crippen LogP contribution in [0, 0.1) is 0 Å². The van der Waals surface area contributed by atoms with Crippen molar-refractivity contribution in [3.05, 3.63) is 0 Å². The van der Waals surface area contributed by atoms with Crippen LogP contribution >= 0.6 is 0 Å². The molecule has 0 amide bonds. The topological polar surface area (TPSA) is 18.5 Å². The SMILES string of the molecule is CCOCCC(C)OC(C)C. The molecule has 0 saturated heterocycles. The predicted molar refractivity (Wildman–Crippen MR) is 46.8 cm³/mol. The van der Waals surface area contributed by atoms with Crippen LogP contribution in [0.5, 0.6) is 0 Å². The van der Waals surface area contributed by atoms with Crippen molar-refractivity contribution in [2.45, 2.75) is 46.3 Å². The molecule has 0 aromatic heterocycles. The summed E-state index contributed by atoms with van der Waals surface area (Å²) in [5.41, 5.74) is 0. The van der Waals surface area contributed by atoms with Gasteiger partial charge >= 0.3 is 0 Å². The minimum Gasteiger partial charge on any atom is -0.382 e. The number of hydrogen-bond acceptors (Lipinski definition) is 2. The molecule has 2 heteroatoms. The molecule has 0 spiro atoms. The van der Waals surface area contributed by atoms with E-state index in [0.29, 0.717) is 12.2 Å². The van der Waals surface area contributed by atoms with Gasteiger partial charge in [0.05, 0.1) is 12.2 Å². The van der Waals surface area contributed by atoms with Crippen molar-refractivity contribution < 1.29 is 9.47 Å². The Bertz CT molecular complexity index is 81.6. The van der Waals surface area contributed by atoms with Crippen molar-refractivity contribution in [3.63, 3.8) is 0 Å². The van der Waals surface area contributed by atoms with Gasteiger partial charge in [-0.05, 0) is 34.1 Å². The molecule has 0 aliphatic heterocycles. The van der Waals surface area contributed by atoms with Crippen molar-refractivity contribution in [1.82, 2.24) is 0 Å². The normalized spacial score (nSPS) is 13.9. The van der Waals surface area contributed by atoms with E-state index >= 15 is 0 Å². The molecule has 0 bridgehead atoms. The Morgan fingerprint density at radius 3 is 2.27 bits per heavy atom. The fourth-order valence-electron chi connectivity index (χ4n) is 0.926. The first kappa shape index (κ1) is 10.9. The Morgan fingerprint density at radius 1 is 1.18 bits per heavy atom. The van der Waals surface area contributed by atoms with Crippen molar-refractivity contribution in [2.24, 2.45) is 0 Å². The lowest BCUT2D eigenvalue weighted by Crippen LogP contribution is -2.16. The maximum absolute atomic E-state index is 5.52. The fraction of sp³-hybridized carbons (Fsp3) is 1.00. The molecule has 0 radical (unpaired) electrons. The highest BCUT2D eigenvalue weighted by Crippen LogP contribution is 2.01. The molecule has 0 fully saturated rings. The Balaban J connectivity index is 3.15. The van der Waals surface area contributed by atoms with Crippen LogP contribution in [0.25, 0.3) is 0 Å². The van der Waals surface area contributed by atoms with E-state index in [9.17, 15) is 0 Å². The summed E-state index contributed by atoms with van der Waals surface area (Å²) >= 11 is 0. The van der Waals surface area contributed by atoms with E-state index in [1.807, 2.05) is 6.92 Å². The molecule has 0 N–H and O–H groups in total. The zero-order chi connectivity index (χ0) is 8.69. The van der Waals surface area contributed by atoms with Crippen LogP contribution in [0.1, 0.15) is 34.1 Å². The van der Waals surface area contributed by atoms with Gasteiger partial charge in [0.2, 0.25) is 0 Å². The third kappa shape index (κ3) is 7.82. The van der Waals surface area contributed by atoms with Gasteiger partial charge in [0.15, 0.2) is 0 Å². The minimum atomic E-state index is 0.321. The van der Waals surface area contributed by atoms with E-state index in [0.717, 1.165) is 19.6 Å². The van der Waals surface area contributed by atoms with E-state index in [1.165, 1.54) is 0 Å². The molecule has 0 aromatic carbocycles. The highest BCUT2D eigenvalue weighted by molar-refractivity contribution is 4.50. The van der Waals surface area contributed by atoms with Crippen LogP contribution in [0.2, 0.25) is 0 Å². The third-order valence-corrected chi connectivity index (χ3v) is 1.38. The summed E-state index contributed by atoms with van der Waals surface area (Å²) in [5, 5.41) is 0. The lowest BCUT2D eigenvalue weighted by molar-refractivity contribution is -0.00200. The summed E-state index contributed by atoms with van der Waals surface area (Å²) < 4.78 is 10.7. The van der Waals surface area contributed by atoms with Crippen LogP contribution in [0.4, 0.5) is 0 Å². The smallest absolute Gasteiger partial charge is 0.0572 e. The molecule has 0 rings (SSSR count). The van der Waals surface area contributed by atoms with Gasteiger partial charge in [0.1, 0.15) is 0 Å². The second kappa shape index (κ2) is 6.62. The number of rotatable bonds is 6. The first-order chi connectivity index (χ1) is 5.16. The standard InChI is InChI=1S/C9H20O2/c1-5-10-7-6-9(4)11-8(2)3/h8-9H,5-7H2,1-4H3. The second-order valence-electron chi connectivity index (χ2n) is 2.98. The van der Waals surface area contributed by atoms with Crippen LogP contribution in [-0.2, 0) is 9.47 Å². The Kier molecular flexibility index (Phi) is 6.57. The van der Waals surface area contributed by atoms with Gasteiger partial charge in [-0.1, -0.05) is 0 Å². The van der Waals surface area contributed by atoms with Gasteiger partial charge in [0.25, 0.3) is 0 Å².